The topological polar surface area (TPSA) is 138 Å². The predicted molar refractivity (Wildman–Crippen MR) is 162 cm³/mol. The van der Waals surface area contributed by atoms with Crippen LogP contribution in [0.25, 0.3) is 10.8 Å². The van der Waals surface area contributed by atoms with Crippen LogP contribution in [0.4, 0.5) is 5.69 Å². The van der Waals surface area contributed by atoms with Gasteiger partial charge in [0.25, 0.3) is 21.8 Å². The van der Waals surface area contributed by atoms with E-state index >= 15 is 0 Å². The average Bonchev–Trinajstić information content (AvgIpc) is 3.28. The second kappa shape index (κ2) is 12.3. The van der Waals surface area contributed by atoms with E-state index in [1.807, 2.05) is 29.0 Å². The Morgan fingerprint density at radius 2 is 1.36 bits per heavy atom. The van der Waals surface area contributed by atoms with Gasteiger partial charge in [-0.25, -0.2) is 18.0 Å². The molecule has 1 aliphatic heterocycles. The van der Waals surface area contributed by atoms with Crippen LogP contribution in [0, 0.1) is 0 Å². The van der Waals surface area contributed by atoms with Gasteiger partial charge in [-0.15, -0.1) is 0 Å². The van der Waals surface area contributed by atoms with E-state index in [9.17, 15) is 22.8 Å². The highest BCUT2D eigenvalue weighted by atomic mass is 32.2. The van der Waals surface area contributed by atoms with Gasteiger partial charge in [-0.05, 0) is 43.7 Å². The van der Waals surface area contributed by atoms with Crippen molar-refractivity contribution < 1.29 is 41.7 Å². The molecule has 228 valence electrons. The summed E-state index contributed by atoms with van der Waals surface area (Å²) in [5, 5.41) is 1.31. The van der Waals surface area contributed by atoms with E-state index in [-0.39, 0.29) is 52.8 Å². The molecule has 4 aromatic rings. The van der Waals surface area contributed by atoms with Gasteiger partial charge in [0.2, 0.25) is 5.91 Å². The van der Waals surface area contributed by atoms with Gasteiger partial charge >= 0.3 is 0 Å². The highest BCUT2D eigenvalue weighted by Gasteiger charge is 2.43. The summed E-state index contributed by atoms with van der Waals surface area (Å²) in [5.74, 6) is -0.985. The lowest BCUT2D eigenvalue weighted by Crippen LogP contribution is -2.32. The third kappa shape index (κ3) is 5.39. The Balaban J connectivity index is 1.41. The molecular weight excluding hydrogens is 588 g/mol. The summed E-state index contributed by atoms with van der Waals surface area (Å²) in [4.78, 5) is 41.1. The number of methoxy groups -OCH3 is 2. The maximum atomic E-state index is 13.8. The highest BCUT2D eigenvalue weighted by Crippen LogP contribution is 2.46. The Kier molecular flexibility index (Phi) is 8.45. The largest absolute Gasteiger partial charge is 0.497 e. The first kappa shape index (κ1) is 30.4. The average molecular weight is 619 g/mol. The molecule has 0 bridgehead atoms. The lowest BCUT2D eigenvalue weighted by atomic mass is 9.99. The minimum Gasteiger partial charge on any atom is -0.497 e. The van der Waals surface area contributed by atoms with Gasteiger partial charge in [0, 0.05) is 16.8 Å². The van der Waals surface area contributed by atoms with Crippen molar-refractivity contribution in [2.24, 2.45) is 0 Å². The normalized spacial score (nSPS) is 12.7. The molecule has 1 aliphatic rings. The number of fused-ring (bicyclic) bond motifs is 2. The Hall–Kier alpha value is -5.10. The third-order valence-electron chi connectivity index (χ3n) is 7.00. The number of nitrogens with one attached hydrogen (secondary N) is 1. The number of imide groups is 1. The van der Waals surface area contributed by atoms with Crippen molar-refractivity contribution in [1.82, 2.24) is 4.72 Å². The van der Waals surface area contributed by atoms with Gasteiger partial charge in [-0.3, -0.25) is 14.4 Å². The van der Waals surface area contributed by atoms with Crippen LogP contribution < -0.4 is 28.6 Å². The lowest BCUT2D eigenvalue weighted by Gasteiger charge is -2.15. The number of hydrogen-bond acceptors (Lipinski definition) is 9. The first-order chi connectivity index (χ1) is 21.1. The first-order valence-corrected chi connectivity index (χ1v) is 15.2. The highest BCUT2D eigenvalue weighted by molar-refractivity contribution is 7.90. The molecule has 0 aliphatic carbocycles. The van der Waals surface area contributed by atoms with E-state index in [4.69, 9.17) is 18.9 Å². The fourth-order valence-corrected chi connectivity index (χ4v) is 6.28. The molecule has 1 N–H and O–H groups in total. The van der Waals surface area contributed by atoms with Gasteiger partial charge in [0.1, 0.15) is 27.9 Å². The predicted octanol–water partition coefficient (Wildman–Crippen LogP) is 4.50. The van der Waals surface area contributed by atoms with Crippen molar-refractivity contribution in [2.45, 2.75) is 25.2 Å². The van der Waals surface area contributed by atoms with E-state index in [1.54, 1.807) is 26.0 Å². The van der Waals surface area contributed by atoms with Crippen molar-refractivity contribution in [3.63, 3.8) is 0 Å². The van der Waals surface area contributed by atoms with E-state index < -0.39 is 27.7 Å². The monoisotopic (exact) mass is 618 g/mol. The van der Waals surface area contributed by atoms with Crippen LogP contribution in [0.3, 0.4) is 0 Å². The maximum absolute atomic E-state index is 13.8. The quantitative estimate of drug-likeness (QED) is 0.241. The fourth-order valence-electron chi connectivity index (χ4n) is 5.11. The molecule has 0 spiro atoms. The van der Waals surface area contributed by atoms with E-state index in [2.05, 4.69) is 0 Å². The van der Waals surface area contributed by atoms with Crippen LogP contribution in [-0.2, 0) is 21.2 Å². The standard InChI is InChI=1S/C32H30N2O9S/c1-5-42-29-22-9-7-8-10-23(22)30(43-6-2)28-27(29)31(36)34(32(28)37)20-13-11-19(12-14-20)17-26(35)33-44(38,39)25-18-21(40-3)15-16-24(25)41-4/h7-16,18H,5-6,17H2,1-4H3,(H,33,35). The molecule has 5 rings (SSSR count). The number of rotatable bonds is 11. The van der Waals surface area contributed by atoms with Gasteiger partial charge in [-0.2, -0.15) is 0 Å². The molecule has 0 radical (unpaired) electrons. The molecule has 4 aromatic carbocycles. The van der Waals surface area contributed by atoms with Crippen molar-refractivity contribution in [3.05, 3.63) is 83.4 Å². The van der Waals surface area contributed by atoms with Gasteiger partial charge in [-0.1, -0.05) is 36.4 Å². The number of carbonyl (C=O) groups excluding carboxylic acids is 3. The molecule has 0 saturated carbocycles. The number of amides is 3. The minimum atomic E-state index is -4.28. The van der Waals surface area contributed by atoms with Crippen molar-refractivity contribution in [1.29, 1.82) is 0 Å². The van der Waals surface area contributed by atoms with E-state index in [1.165, 1.54) is 44.6 Å². The summed E-state index contributed by atoms with van der Waals surface area (Å²) in [7, 11) is -1.58. The molecule has 0 fully saturated rings. The second-order valence-electron chi connectivity index (χ2n) is 9.65. The number of carbonyl (C=O) groups is 3. The number of ether oxygens (including phenoxy) is 4. The fraction of sp³-hybridized carbons (Fsp3) is 0.219. The summed E-state index contributed by atoms with van der Waals surface area (Å²) < 4.78 is 50.0. The molecule has 0 unspecified atom stereocenters. The third-order valence-corrected chi connectivity index (χ3v) is 8.39. The lowest BCUT2D eigenvalue weighted by molar-refractivity contribution is -0.118. The van der Waals surface area contributed by atoms with Crippen LogP contribution in [-0.4, -0.2) is 53.6 Å². The Bertz CT molecular complexity index is 1820. The molecule has 3 amide bonds. The Labute approximate surface area is 254 Å². The molecule has 0 atom stereocenters. The van der Waals surface area contributed by atoms with Crippen molar-refractivity contribution in [3.8, 4) is 23.0 Å². The van der Waals surface area contributed by atoms with Gasteiger partial charge < -0.3 is 18.9 Å². The zero-order valence-electron chi connectivity index (χ0n) is 24.5. The number of nitrogens with zero attached hydrogens (tertiary/aromatic N) is 1. The Morgan fingerprint density at radius 1 is 0.795 bits per heavy atom. The van der Waals surface area contributed by atoms with Crippen LogP contribution in [0.1, 0.15) is 40.1 Å². The molecule has 0 aromatic heterocycles. The van der Waals surface area contributed by atoms with Crippen molar-refractivity contribution in [2.75, 3.05) is 32.3 Å². The van der Waals surface area contributed by atoms with Crippen LogP contribution in [0.15, 0.2) is 71.6 Å². The number of benzene rings is 4. The summed E-state index contributed by atoms with van der Waals surface area (Å²) in [6.07, 6.45) is -0.289. The van der Waals surface area contributed by atoms with E-state index in [0.29, 0.717) is 27.8 Å². The van der Waals surface area contributed by atoms with E-state index in [0.717, 1.165) is 4.90 Å². The smallest absolute Gasteiger partial charge is 0.270 e. The molecular formula is C32H30N2O9S. The summed E-state index contributed by atoms with van der Waals surface area (Å²) in [5.41, 5.74) is 0.968. The Morgan fingerprint density at radius 3 is 1.86 bits per heavy atom. The molecule has 12 heteroatoms. The zero-order valence-corrected chi connectivity index (χ0v) is 25.3. The molecule has 0 saturated heterocycles. The summed E-state index contributed by atoms with van der Waals surface area (Å²) >= 11 is 0. The van der Waals surface area contributed by atoms with Gasteiger partial charge in [0.05, 0.1) is 50.7 Å². The number of sulfonamides is 1. The molecule has 44 heavy (non-hydrogen) atoms. The number of hydrogen-bond donors (Lipinski definition) is 1. The number of anilines is 1. The van der Waals surface area contributed by atoms with Crippen LogP contribution in [0.2, 0.25) is 0 Å². The maximum Gasteiger partial charge on any atom is 0.270 e. The SMILES string of the molecule is CCOc1c2c(c(OCC)c3ccccc13)C(=O)N(c1ccc(CC(=O)NS(=O)(=O)c3cc(OC)ccc3OC)cc1)C2=O. The zero-order chi connectivity index (χ0) is 31.6. The van der Waals surface area contributed by atoms with Gasteiger partial charge in [0.15, 0.2) is 0 Å². The molecule has 1 heterocycles. The second-order valence-corrected chi connectivity index (χ2v) is 11.3. The summed E-state index contributed by atoms with van der Waals surface area (Å²) in [6, 6.07) is 17.6. The van der Waals surface area contributed by atoms with Crippen LogP contribution >= 0.6 is 0 Å². The first-order valence-electron chi connectivity index (χ1n) is 13.7. The minimum absolute atomic E-state index is 0.0456. The molecule has 11 nitrogen and oxygen atoms in total. The van der Waals surface area contributed by atoms with Crippen LogP contribution in [0.5, 0.6) is 23.0 Å². The van der Waals surface area contributed by atoms with Crippen molar-refractivity contribution >= 4 is 44.2 Å². The summed E-state index contributed by atoms with van der Waals surface area (Å²) in [6.45, 7) is 4.15.